The number of carbonyl (C=O) groups is 2. The van der Waals surface area contributed by atoms with Crippen LogP contribution in [-0.2, 0) is 29.2 Å². The van der Waals surface area contributed by atoms with E-state index >= 15 is 0 Å². The molecule has 0 radical (unpaired) electrons. The lowest BCUT2D eigenvalue weighted by molar-refractivity contribution is -0.170. The highest BCUT2D eigenvalue weighted by molar-refractivity contribution is 7.86. The molecule has 0 aliphatic heterocycles. The molecule has 128 valence electrons. The molecule has 0 fully saturated rings. The van der Waals surface area contributed by atoms with E-state index in [9.17, 15) is 31.3 Å². The summed E-state index contributed by atoms with van der Waals surface area (Å²) in [6.45, 7) is 6.01. The van der Waals surface area contributed by atoms with Gasteiger partial charge in [0.05, 0.1) is 0 Å². The van der Waals surface area contributed by atoms with Gasteiger partial charge >= 0.3 is 17.2 Å². The van der Waals surface area contributed by atoms with E-state index in [2.05, 4.69) is 11.3 Å². The molecule has 0 amide bonds. The Kier molecular flexibility index (Phi) is 7.10. The Morgan fingerprint density at radius 3 is 2.18 bits per heavy atom. The first-order chi connectivity index (χ1) is 9.78. The number of hydrogen-bond donors (Lipinski definition) is 0. The molecule has 0 rings (SSSR count). The Morgan fingerprint density at radius 2 is 1.82 bits per heavy atom. The van der Waals surface area contributed by atoms with E-state index in [0.717, 1.165) is 0 Å². The highest BCUT2D eigenvalue weighted by Gasteiger charge is 2.40. The summed E-state index contributed by atoms with van der Waals surface area (Å²) < 4.78 is 65.5. The van der Waals surface area contributed by atoms with Gasteiger partial charge in [0.25, 0.3) is 0 Å². The van der Waals surface area contributed by atoms with Gasteiger partial charge in [0.1, 0.15) is 0 Å². The summed E-state index contributed by atoms with van der Waals surface area (Å²) in [5.41, 5.74) is -0.0194. The number of esters is 2. The van der Waals surface area contributed by atoms with Gasteiger partial charge in [0.2, 0.25) is 0 Å². The molecule has 0 aromatic heterocycles. The normalized spacial score (nSPS) is 13.6. The molecule has 0 bridgehead atoms. The second-order valence-electron chi connectivity index (χ2n) is 5.00. The lowest BCUT2D eigenvalue weighted by Crippen LogP contribution is -2.38. The van der Waals surface area contributed by atoms with E-state index in [0.29, 0.717) is 0 Å². The average Bonchev–Trinajstić information content (AvgIpc) is 2.32. The molecule has 0 heterocycles. The van der Waals surface area contributed by atoms with Crippen LogP contribution < -0.4 is 0 Å². The second-order valence-corrected chi connectivity index (χ2v) is 6.51. The van der Waals surface area contributed by atoms with Gasteiger partial charge in [-0.1, -0.05) is 20.4 Å². The maximum absolute atomic E-state index is 12.9. The third kappa shape index (κ3) is 6.48. The fourth-order valence-electron chi connectivity index (χ4n) is 1.17. The van der Waals surface area contributed by atoms with Crippen LogP contribution in [0.3, 0.4) is 0 Å². The summed E-state index contributed by atoms with van der Waals surface area (Å²) in [4.78, 5) is 23.0. The first-order valence-electron chi connectivity index (χ1n) is 6.14. The standard InChI is InChI=1S/C12H18F2O7S/c1-7(2)5-9(21-10(15)8(3)4)11(16)20-6-12(13,14)22(17,18)19/h7,9H,3,5-6H2,1-2,4H3,(H,17,18,19)/p-1. The van der Waals surface area contributed by atoms with E-state index in [1.54, 1.807) is 13.8 Å². The van der Waals surface area contributed by atoms with Crippen molar-refractivity contribution in [1.82, 2.24) is 0 Å². The van der Waals surface area contributed by atoms with Crippen molar-refractivity contribution < 1.29 is 40.8 Å². The summed E-state index contributed by atoms with van der Waals surface area (Å²) >= 11 is 0. The molecule has 0 aliphatic carbocycles. The van der Waals surface area contributed by atoms with E-state index in [1.165, 1.54) is 6.92 Å². The molecule has 1 unspecified atom stereocenters. The minimum atomic E-state index is -5.97. The van der Waals surface area contributed by atoms with E-state index in [-0.39, 0.29) is 17.9 Å². The smallest absolute Gasteiger partial charge is 0.367 e. The predicted octanol–water partition coefficient (Wildman–Crippen LogP) is 1.20. The third-order valence-corrected chi connectivity index (χ3v) is 3.14. The minimum absolute atomic E-state index is 0.0194. The summed E-state index contributed by atoms with van der Waals surface area (Å²) in [5, 5.41) is -4.76. The number of carbonyl (C=O) groups excluding carboxylic acids is 2. The molecule has 0 aromatic carbocycles. The van der Waals surface area contributed by atoms with Gasteiger partial charge in [0.15, 0.2) is 22.8 Å². The molecule has 0 aliphatic rings. The van der Waals surface area contributed by atoms with E-state index < -0.39 is 40.0 Å². The van der Waals surface area contributed by atoms with Gasteiger partial charge in [-0.3, -0.25) is 0 Å². The van der Waals surface area contributed by atoms with Gasteiger partial charge in [-0.05, 0) is 19.3 Å². The molecule has 22 heavy (non-hydrogen) atoms. The fraction of sp³-hybridized carbons (Fsp3) is 0.667. The zero-order valence-electron chi connectivity index (χ0n) is 12.3. The van der Waals surface area contributed by atoms with Crippen molar-refractivity contribution in [3.63, 3.8) is 0 Å². The molecule has 0 saturated heterocycles. The van der Waals surface area contributed by atoms with Crippen LogP contribution in [0.25, 0.3) is 0 Å². The van der Waals surface area contributed by atoms with Gasteiger partial charge < -0.3 is 14.0 Å². The summed E-state index contributed by atoms with van der Waals surface area (Å²) in [5.74, 6) is -2.45. The van der Waals surface area contributed by atoms with Crippen LogP contribution >= 0.6 is 0 Å². The first kappa shape index (κ1) is 20.5. The molecule has 0 aromatic rings. The Labute approximate surface area is 127 Å². The third-order valence-electron chi connectivity index (χ3n) is 2.29. The Morgan fingerprint density at radius 1 is 1.32 bits per heavy atom. The van der Waals surface area contributed by atoms with Crippen LogP contribution in [0.15, 0.2) is 12.2 Å². The van der Waals surface area contributed by atoms with Crippen molar-refractivity contribution >= 4 is 22.1 Å². The van der Waals surface area contributed by atoms with Gasteiger partial charge in [-0.25, -0.2) is 18.0 Å². The summed E-state index contributed by atoms with van der Waals surface area (Å²) in [6, 6.07) is 0. The monoisotopic (exact) mass is 343 g/mol. The second kappa shape index (κ2) is 7.63. The van der Waals surface area contributed by atoms with Crippen molar-refractivity contribution in [3.05, 3.63) is 12.2 Å². The topological polar surface area (TPSA) is 110 Å². The molecule has 0 spiro atoms. The van der Waals surface area contributed by atoms with Gasteiger partial charge in [-0.2, -0.15) is 8.78 Å². The lowest BCUT2D eigenvalue weighted by atomic mass is 10.1. The van der Waals surface area contributed by atoms with E-state index in [4.69, 9.17) is 4.74 Å². The summed E-state index contributed by atoms with van der Waals surface area (Å²) in [6.07, 6.45) is -1.54. The molecule has 1 atom stereocenters. The first-order valence-corrected chi connectivity index (χ1v) is 7.55. The fourth-order valence-corrected chi connectivity index (χ4v) is 1.37. The Balaban J connectivity index is 4.92. The van der Waals surface area contributed by atoms with Crippen LogP contribution in [0.4, 0.5) is 8.78 Å². The largest absolute Gasteiger partial charge is 0.743 e. The van der Waals surface area contributed by atoms with Crippen molar-refractivity contribution in [2.75, 3.05) is 6.61 Å². The highest BCUT2D eigenvalue weighted by Crippen LogP contribution is 2.21. The average molecular weight is 343 g/mol. The van der Waals surface area contributed by atoms with Crippen LogP contribution in [0.1, 0.15) is 27.2 Å². The van der Waals surface area contributed by atoms with Crippen LogP contribution in [-0.4, -0.2) is 42.9 Å². The predicted molar refractivity (Wildman–Crippen MR) is 69.8 cm³/mol. The Bertz CT molecular complexity index is 540. The van der Waals surface area contributed by atoms with Crippen LogP contribution in [0, 0.1) is 5.92 Å². The maximum Gasteiger partial charge on any atom is 0.367 e. The number of hydrogen-bond acceptors (Lipinski definition) is 7. The van der Waals surface area contributed by atoms with Gasteiger partial charge in [-0.15, -0.1) is 0 Å². The number of halogens is 2. The number of alkyl halides is 2. The van der Waals surface area contributed by atoms with E-state index in [1.807, 2.05) is 0 Å². The highest BCUT2D eigenvalue weighted by atomic mass is 32.2. The molecule has 10 heteroatoms. The molecule has 0 saturated carbocycles. The van der Waals surface area contributed by atoms with Gasteiger partial charge in [0, 0.05) is 5.57 Å². The van der Waals surface area contributed by atoms with Crippen molar-refractivity contribution in [2.24, 2.45) is 5.92 Å². The summed E-state index contributed by atoms with van der Waals surface area (Å²) in [7, 11) is -5.97. The van der Waals surface area contributed by atoms with Crippen molar-refractivity contribution in [2.45, 2.75) is 38.6 Å². The lowest BCUT2D eigenvalue weighted by Gasteiger charge is -2.22. The minimum Gasteiger partial charge on any atom is -0.743 e. The van der Waals surface area contributed by atoms with Crippen molar-refractivity contribution in [3.8, 4) is 0 Å². The zero-order valence-corrected chi connectivity index (χ0v) is 13.1. The zero-order chi connectivity index (χ0) is 17.7. The number of rotatable bonds is 8. The molecule has 0 N–H and O–H groups in total. The quantitative estimate of drug-likeness (QED) is 0.370. The molecular weight excluding hydrogens is 326 g/mol. The Hall–Kier alpha value is -1.55. The number of ether oxygens (including phenoxy) is 2. The maximum atomic E-state index is 12.9. The molecule has 7 nitrogen and oxygen atoms in total. The van der Waals surface area contributed by atoms with Crippen LogP contribution in [0.5, 0.6) is 0 Å². The molecular formula is C12H17F2O7S-. The van der Waals surface area contributed by atoms with Crippen LogP contribution in [0.2, 0.25) is 0 Å². The SMILES string of the molecule is C=C(C)C(=O)OC(CC(C)C)C(=O)OCC(F)(F)S(=O)(=O)[O-]. The van der Waals surface area contributed by atoms with Crippen molar-refractivity contribution in [1.29, 1.82) is 0 Å².